The number of halogens is 1. The van der Waals surface area contributed by atoms with E-state index < -0.39 is 10.8 Å². The fraction of sp³-hybridized carbons (Fsp3) is 0.222. The molecule has 2 rings (SSSR count). The molecule has 0 saturated heterocycles. The van der Waals surface area contributed by atoms with E-state index in [1.165, 1.54) is 25.3 Å². The van der Waals surface area contributed by atoms with Gasteiger partial charge in [-0.15, -0.1) is 0 Å². The molecule has 2 aromatic rings. The van der Waals surface area contributed by atoms with Crippen LogP contribution in [0.1, 0.15) is 28.8 Å². The van der Waals surface area contributed by atoms with Gasteiger partial charge in [0.15, 0.2) is 5.78 Å². The SMILES string of the molecule is COc1ccc(Cl)cc1C(=O)CCC(=O)Nc1cc([N+](=O)[O-])ccc1C. The van der Waals surface area contributed by atoms with Crippen molar-refractivity contribution < 1.29 is 19.2 Å². The summed E-state index contributed by atoms with van der Waals surface area (Å²) in [6, 6.07) is 8.88. The first-order valence-corrected chi connectivity index (χ1v) is 8.11. The topological polar surface area (TPSA) is 98.5 Å². The number of rotatable bonds is 7. The number of nitrogens with one attached hydrogen (secondary N) is 1. The van der Waals surface area contributed by atoms with E-state index in [0.717, 1.165) is 0 Å². The Kier molecular flexibility index (Phi) is 6.30. The smallest absolute Gasteiger partial charge is 0.271 e. The number of benzene rings is 2. The minimum atomic E-state index is -0.538. The minimum Gasteiger partial charge on any atom is -0.496 e. The minimum absolute atomic E-state index is 0.0451. The van der Waals surface area contributed by atoms with Crippen LogP contribution in [-0.2, 0) is 4.79 Å². The van der Waals surface area contributed by atoms with Crippen molar-refractivity contribution in [1.82, 2.24) is 0 Å². The molecule has 0 bridgehead atoms. The molecule has 1 N–H and O–H groups in total. The molecule has 0 aliphatic rings. The highest BCUT2D eigenvalue weighted by Gasteiger charge is 2.16. The Bertz CT molecular complexity index is 867. The van der Waals surface area contributed by atoms with Gasteiger partial charge in [0.05, 0.1) is 23.3 Å². The Morgan fingerprint density at radius 3 is 2.58 bits per heavy atom. The lowest BCUT2D eigenvalue weighted by Gasteiger charge is -2.10. The number of ketones is 1. The number of carbonyl (C=O) groups excluding carboxylic acids is 2. The van der Waals surface area contributed by atoms with Crippen molar-refractivity contribution in [2.75, 3.05) is 12.4 Å². The largest absolute Gasteiger partial charge is 0.496 e. The third kappa shape index (κ3) is 4.80. The third-order valence-electron chi connectivity index (χ3n) is 3.75. The number of nitro groups is 1. The number of nitrogens with zero attached hydrogens (tertiary/aromatic N) is 1. The fourth-order valence-corrected chi connectivity index (χ4v) is 2.50. The molecule has 0 aromatic heterocycles. The van der Waals surface area contributed by atoms with Gasteiger partial charge in [0.1, 0.15) is 5.75 Å². The fourth-order valence-electron chi connectivity index (χ4n) is 2.33. The summed E-state index contributed by atoms with van der Waals surface area (Å²) < 4.78 is 5.13. The first kappa shape index (κ1) is 19.4. The molecule has 0 fully saturated rings. The van der Waals surface area contributed by atoms with Gasteiger partial charge in [-0.3, -0.25) is 19.7 Å². The van der Waals surface area contributed by atoms with Crippen LogP contribution in [0.2, 0.25) is 5.02 Å². The van der Waals surface area contributed by atoms with E-state index in [-0.39, 0.29) is 24.3 Å². The van der Waals surface area contributed by atoms with Gasteiger partial charge in [-0.25, -0.2) is 0 Å². The Labute approximate surface area is 155 Å². The molecule has 8 heteroatoms. The number of hydrogen-bond donors (Lipinski definition) is 1. The summed E-state index contributed by atoms with van der Waals surface area (Å²) in [7, 11) is 1.44. The van der Waals surface area contributed by atoms with Crippen molar-refractivity contribution in [2.45, 2.75) is 19.8 Å². The molecular weight excluding hydrogens is 360 g/mol. The van der Waals surface area contributed by atoms with Crippen molar-refractivity contribution in [3.63, 3.8) is 0 Å². The average Bonchev–Trinajstić information content (AvgIpc) is 2.61. The van der Waals surface area contributed by atoms with Gasteiger partial charge in [-0.1, -0.05) is 17.7 Å². The quantitative estimate of drug-likeness (QED) is 0.444. The first-order chi connectivity index (χ1) is 12.3. The van der Waals surface area contributed by atoms with Crippen LogP contribution < -0.4 is 10.1 Å². The molecule has 0 aliphatic heterocycles. The Hall–Kier alpha value is -2.93. The number of Topliss-reactive ketones (excluding diaryl/α,β-unsaturated/α-hetero) is 1. The summed E-state index contributed by atoms with van der Waals surface area (Å²) in [6.07, 6.45) is -0.118. The second kappa shape index (κ2) is 8.44. The molecule has 0 radical (unpaired) electrons. The number of anilines is 1. The van der Waals surface area contributed by atoms with Crippen molar-refractivity contribution in [3.8, 4) is 5.75 Å². The van der Waals surface area contributed by atoms with Crippen molar-refractivity contribution in [1.29, 1.82) is 0 Å². The number of carbonyl (C=O) groups is 2. The van der Waals surface area contributed by atoms with E-state index in [9.17, 15) is 19.7 Å². The number of ether oxygens (including phenoxy) is 1. The predicted molar refractivity (Wildman–Crippen MR) is 98.0 cm³/mol. The second-order valence-corrected chi connectivity index (χ2v) is 6.01. The summed E-state index contributed by atoms with van der Waals surface area (Å²) in [6.45, 7) is 1.72. The standard InChI is InChI=1S/C18H17ClN2O5/c1-11-3-5-13(21(24)25)10-15(11)20-18(23)8-6-16(22)14-9-12(19)4-7-17(14)26-2/h3-5,7,9-10H,6,8H2,1-2H3,(H,20,23). The van der Waals surface area contributed by atoms with Crippen LogP contribution in [0.4, 0.5) is 11.4 Å². The van der Waals surface area contributed by atoms with Crippen LogP contribution in [0.15, 0.2) is 36.4 Å². The summed E-state index contributed by atoms with van der Waals surface area (Å²) >= 11 is 5.90. The monoisotopic (exact) mass is 376 g/mol. The normalized spacial score (nSPS) is 10.3. The van der Waals surface area contributed by atoms with Gasteiger partial charge in [0.25, 0.3) is 5.69 Å². The molecule has 0 aliphatic carbocycles. The second-order valence-electron chi connectivity index (χ2n) is 5.57. The molecule has 1 amide bonds. The maximum Gasteiger partial charge on any atom is 0.271 e. The van der Waals surface area contributed by atoms with Crippen LogP contribution in [-0.4, -0.2) is 23.7 Å². The molecule has 2 aromatic carbocycles. The maximum absolute atomic E-state index is 12.3. The zero-order valence-electron chi connectivity index (χ0n) is 14.2. The first-order valence-electron chi connectivity index (χ1n) is 7.73. The number of amides is 1. The molecule has 0 atom stereocenters. The van der Waals surface area contributed by atoms with Gasteiger partial charge in [0, 0.05) is 30.0 Å². The Morgan fingerprint density at radius 1 is 1.19 bits per heavy atom. The lowest BCUT2D eigenvalue weighted by atomic mass is 10.1. The van der Waals surface area contributed by atoms with Crippen LogP contribution in [0.25, 0.3) is 0 Å². The zero-order valence-corrected chi connectivity index (χ0v) is 15.0. The molecule has 0 spiro atoms. The molecule has 0 saturated carbocycles. The van der Waals surface area contributed by atoms with Gasteiger partial charge >= 0.3 is 0 Å². The van der Waals surface area contributed by atoms with E-state index in [0.29, 0.717) is 27.6 Å². The summed E-state index contributed by atoms with van der Waals surface area (Å²) in [4.78, 5) is 34.7. The lowest BCUT2D eigenvalue weighted by Crippen LogP contribution is -2.14. The Balaban J connectivity index is 2.03. The van der Waals surface area contributed by atoms with Crippen LogP contribution in [0.3, 0.4) is 0 Å². The van der Waals surface area contributed by atoms with Gasteiger partial charge < -0.3 is 10.1 Å². The van der Waals surface area contributed by atoms with E-state index in [4.69, 9.17) is 16.3 Å². The highest BCUT2D eigenvalue weighted by molar-refractivity contribution is 6.31. The van der Waals surface area contributed by atoms with Crippen molar-refractivity contribution >= 4 is 34.7 Å². The molecular formula is C18H17ClN2O5. The molecule has 0 heterocycles. The van der Waals surface area contributed by atoms with Crippen LogP contribution >= 0.6 is 11.6 Å². The number of hydrogen-bond acceptors (Lipinski definition) is 5. The van der Waals surface area contributed by atoms with Crippen molar-refractivity contribution in [2.24, 2.45) is 0 Å². The van der Waals surface area contributed by atoms with E-state index in [1.807, 2.05) is 0 Å². The van der Waals surface area contributed by atoms with E-state index in [2.05, 4.69) is 5.32 Å². The molecule has 7 nitrogen and oxygen atoms in total. The number of non-ortho nitro benzene ring substituents is 1. The molecule has 26 heavy (non-hydrogen) atoms. The number of aryl methyl sites for hydroxylation is 1. The Morgan fingerprint density at radius 2 is 1.92 bits per heavy atom. The van der Waals surface area contributed by atoms with Gasteiger partial charge in [-0.05, 0) is 30.7 Å². The maximum atomic E-state index is 12.3. The lowest BCUT2D eigenvalue weighted by molar-refractivity contribution is -0.384. The van der Waals surface area contributed by atoms with Gasteiger partial charge in [0.2, 0.25) is 5.91 Å². The van der Waals surface area contributed by atoms with Gasteiger partial charge in [-0.2, -0.15) is 0 Å². The summed E-state index contributed by atoms with van der Waals surface area (Å²) in [5, 5.41) is 13.8. The van der Waals surface area contributed by atoms with E-state index >= 15 is 0 Å². The summed E-state index contributed by atoms with van der Waals surface area (Å²) in [5.41, 5.74) is 1.22. The van der Waals surface area contributed by atoms with Crippen LogP contribution in [0.5, 0.6) is 5.75 Å². The zero-order chi connectivity index (χ0) is 19.3. The predicted octanol–water partition coefficient (Wildman–Crippen LogP) is 4.17. The van der Waals surface area contributed by atoms with Crippen molar-refractivity contribution in [3.05, 3.63) is 62.7 Å². The van der Waals surface area contributed by atoms with Crippen LogP contribution in [0, 0.1) is 17.0 Å². The molecule has 136 valence electrons. The van der Waals surface area contributed by atoms with E-state index in [1.54, 1.807) is 25.1 Å². The number of methoxy groups -OCH3 is 1. The highest BCUT2D eigenvalue weighted by Crippen LogP contribution is 2.25. The third-order valence-corrected chi connectivity index (χ3v) is 3.98. The summed E-state index contributed by atoms with van der Waals surface area (Å²) in [5.74, 6) is -0.312. The number of nitro benzene ring substituents is 1. The highest BCUT2D eigenvalue weighted by atomic mass is 35.5. The average molecular weight is 377 g/mol. The molecule has 0 unspecified atom stereocenters.